The summed E-state index contributed by atoms with van der Waals surface area (Å²) in [6.45, 7) is 13.1. The molecule has 1 aromatic carbocycles. The number of nitrogens with one attached hydrogen (secondary N) is 1. The lowest BCUT2D eigenvalue weighted by molar-refractivity contribution is -0.131. The predicted octanol–water partition coefficient (Wildman–Crippen LogP) is 3.67. The van der Waals surface area contributed by atoms with Crippen LogP contribution in [0.4, 0.5) is 10.6 Å². The molecule has 0 spiro atoms. The van der Waals surface area contributed by atoms with Crippen molar-refractivity contribution in [1.29, 1.82) is 0 Å². The van der Waals surface area contributed by atoms with Crippen LogP contribution in [0, 0.1) is 5.92 Å². The van der Waals surface area contributed by atoms with Crippen LogP contribution in [0.25, 0.3) is 11.3 Å². The maximum atomic E-state index is 13.2. The van der Waals surface area contributed by atoms with Crippen LogP contribution in [0.1, 0.15) is 41.0 Å². The van der Waals surface area contributed by atoms with E-state index in [-0.39, 0.29) is 29.9 Å². The van der Waals surface area contributed by atoms with Gasteiger partial charge >= 0.3 is 6.03 Å². The molecular weight excluding hydrogens is 484 g/mol. The summed E-state index contributed by atoms with van der Waals surface area (Å²) in [5, 5.41) is 11.9. The van der Waals surface area contributed by atoms with Crippen molar-refractivity contribution in [3.63, 3.8) is 0 Å². The molecule has 0 unspecified atom stereocenters. The van der Waals surface area contributed by atoms with Crippen molar-refractivity contribution < 1.29 is 19.1 Å². The Morgan fingerprint density at radius 2 is 1.74 bits per heavy atom. The average Bonchev–Trinajstić information content (AvgIpc) is 3.13. The molecule has 1 saturated heterocycles. The lowest BCUT2D eigenvalue weighted by atomic mass is 10.1. The summed E-state index contributed by atoms with van der Waals surface area (Å²) >= 11 is 0. The molecule has 1 fully saturated rings. The minimum atomic E-state index is -0.367. The van der Waals surface area contributed by atoms with Crippen LogP contribution in [0.15, 0.2) is 30.3 Å². The zero-order valence-electron chi connectivity index (χ0n) is 23.8. The molecule has 2 aromatic rings. The molecule has 38 heavy (non-hydrogen) atoms. The van der Waals surface area contributed by atoms with E-state index in [9.17, 15) is 9.59 Å². The number of carbonyl (C=O) groups excluding carboxylic acids is 2. The number of anilines is 1. The summed E-state index contributed by atoms with van der Waals surface area (Å²) < 4.78 is 10.7. The first-order valence-electron chi connectivity index (χ1n) is 13.2. The van der Waals surface area contributed by atoms with Crippen molar-refractivity contribution in [3.8, 4) is 22.8 Å². The molecule has 10 nitrogen and oxygen atoms in total. The smallest absolute Gasteiger partial charge is 0.318 e. The second-order valence-corrected chi connectivity index (χ2v) is 11.0. The summed E-state index contributed by atoms with van der Waals surface area (Å²) in [5.41, 5.74) is 1.25. The molecule has 1 aliphatic rings. The zero-order chi connectivity index (χ0) is 27.9. The molecule has 0 saturated carbocycles. The zero-order valence-corrected chi connectivity index (χ0v) is 23.8. The van der Waals surface area contributed by atoms with Gasteiger partial charge in [0.25, 0.3) is 0 Å². The quantitative estimate of drug-likeness (QED) is 0.560. The van der Waals surface area contributed by atoms with Gasteiger partial charge in [-0.15, -0.1) is 10.2 Å². The molecule has 0 radical (unpaired) electrons. The highest BCUT2D eigenvalue weighted by atomic mass is 16.5. The van der Waals surface area contributed by atoms with Crippen LogP contribution < -0.4 is 19.7 Å². The van der Waals surface area contributed by atoms with Crippen molar-refractivity contribution in [2.24, 2.45) is 5.92 Å². The third-order valence-corrected chi connectivity index (χ3v) is 6.18. The minimum Gasteiger partial charge on any atom is -0.493 e. The van der Waals surface area contributed by atoms with Crippen LogP contribution in [0.2, 0.25) is 0 Å². The molecular formula is C28H42N6O4. The van der Waals surface area contributed by atoms with Crippen LogP contribution in [0.5, 0.6) is 11.5 Å². The van der Waals surface area contributed by atoms with Gasteiger partial charge in [-0.1, -0.05) is 13.8 Å². The van der Waals surface area contributed by atoms with Crippen molar-refractivity contribution >= 4 is 17.8 Å². The Hall–Kier alpha value is -3.56. The molecule has 0 aliphatic carbocycles. The van der Waals surface area contributed by atoms with Gasteiger partial charge in [0.2, 0.25) is 5.91 Å². The second-order valence-electron chi connectivity index (χ2n) is 11.0. The van der Waals surface area contributed by atoms with E-state index in [0.717, 1.165) is 30.0 Å². The van der Waals surface area contributed by atoms with E-state index in [0.29, 0.717) is 37.7 Å². The molecule has 3 rings (SSSR count). The third-order valence-electron chi connectivity index (χ3n) is 6.18. The number of hydrogen-bond donors (Lipinski definition) is 1. The monoisotopic (exact) mass is 526 g/mol. The first-order valence-corrected chi connectivity index (χ1v) is 13.2. The fourth-order valence-corrected chi connectivity index (χ4v) is 4.36. The second kappa shape index (κ2) is 12.8. The number of carbonyl (C=O) groups is 2. The van der Waals surface area contributed by atoms with E-state index in [1.165, 1.54) is 0 Å². The number of aromatic nitrogens is 2. The Labute approximate surface area is 226 Å². The van der Waals surface area contributed by atoms with Crippen LogP contribution >= 0.6 is 0 Å². The Kier molecular flexibility index (Phi) is 9.77. The maximum Gasteiger partial charge on any atom is 0.318 e. The van der Waals surface area contributed by atoms with E-state index >= 15 is 0 Å². The Bertz CT molecular complexity index is 1080. The van der Waals surface area contributed by atoms with E-state index in [1.54, 1.807) is 19.1 Å². The number of amides is 3. The fraction of sp³-hybridized carbons (Fsp3) is 0.571. The number of hydrogen-bond acceptors (Lipinski definition) is 7. The fourth-order valence-electron chi connectivity index (χ4n) is 4.36. The van der Waals surface area contributed by atoms with E-state index in [1.807, 2.05) is 69.9 Å². The van der Waals surface area contributed by atoms with Gasteiger partial charge in [0.15, 0.2) is 17.3 Å². The molecule has 1 aliphatic heterocycles. The van der Waals surface area contributed by atoms with Gasteiger partial charge in [0.05, 0.1) is 19.9 Å². The number of nitrogens with zero attached hydrogens (tertiary/aromatic N) is 5. The number of rotatable bonds is 8. The number of methoxy groups -OCH3 is 2. The molecule has 1 N–H and O–H groups in total. The molecule has 0 bridgehead atoms. The highest BCUT2D eigenvalue weighted by Gasteiger charge is 2.26. The Morgan fingerprint density at radius 3 is 2.34 bits per heavy atom. The van der Waals surface area contributed by atoms with Gasteiger partial charge in [-0.2, -0.15) is 0 Å². The summed E-state index contributed by atoms with van der Waals surface area (Å²) in [7, 11) is 3.21. The van der Waals surface area contributed by atoms with Crippen LogP contribution in [-0.2, 0) is 4.79 Å². The Balaban J connectivity index is 1.63. The van der Waals surface area contributed by atoms with Crippen molar-refractivity contribution in [1.82, 2.24) is 25.3 Å². The molecule has 0 atom stereocenters. The van der Waals surface area contributed by atoms with Gasteiger partial charge in [0.1, 0.15) is 6.54 Å². The summed E-state index contributed by atoms with van der Waals surface area (Å²) in [5.74, 6) is 2.29. The van der Waals surface area contributed by atoms with E-state index < -0.39 is 0 Å². The van der Waals surface area contributed by atoms with Gasteiger partial charge in [-0.3, -0.25) is 4.79 Å². The summed E-state index contributed by atoms with van der Waals surface area (Å²) in [6.07, 6.45) is 0.809. The number of benzene rings is 1. The predicted molar refractivity (Wildman–Crippen MR) is 149 cm³/mol. The highest BCUT2D eigenvalue weighted by molar-refractivity contribution is 5.84. The van der Waals surface area contributed by atoms with Crippen molar-refractivity contribution in [3.05, 3.63) is 30.3 Å². The lowest BCUT2D eigenvalue weighted by Gasteiger charge is -2.31. The van der Waals surface area contributed by atoms with Gasteiger partial charge in [0, 0.05) is 43.8 Å². The first kappa shape index (κ1) is 29.0. The molecule has 10 heteroatoms. The van der Waals surface area contributed by atoms with Gasteiger partial charge in [-0.25, -0.2) is 4.79 Å². The SMILES string of the molecule is COc1ccc(-c2ccc(N3CCCN(C(=O)CN(CC(C)C)C(=O)NC(C)(C)C)CC3)nn2)cc1OC. The van der Waals surface area contributed by atoms with E-state index in [2.05, 4.69) is 20.4 Å². The lowest BCUT2D eigenvalue weighted by Crippen LogP contribution is -2.52. The molecule has 208 valence electrons. The normalized spacial score (nSPS) is 14.2. The molecule has 3 amide bonds. The standard InChI is InChI=1S/C28H42N6O4/c1-20(2)18-34(27(36)29-28(3,4)5)19-26(35)33-14-8-13-32(15-16-33)25-12-10-22(30-31-25)21-9-11-23(37-6)24(17-21)38-7/h9-12,17,20H,8,13-16,18-19H2,1-7H3,(H,29,36). The van der Waals surface area contributed by atoms with Crippen molar-refractivity contribution in [2.45, 2.75) is 46.6 Å². The van der Waals surface area contributed by atoms with E-state index in [4.69, 9.17) is 9.47 Å². The van der Waals surface area contributed by atoms with Gasteiger partial charge < -0.3 is 29.5 Å². The first-order chi connectivity index (χ1) is 18.0. The maximum absolute atomic E-state index is 13.2. The molecule has 2 heterocycles. The molecule has 1 aromatic heterocycles. The number of urea groups is 1. The van der Waals surface area contributed by atoms with Crippen molar-refractivity contribution in [2.75, 3.05) is 58.4 Å². The third kappa shape index (κ3) is 7.97. The Morgan fingerprint density at radius 1 is 1.00 bits per heavy atom. The average molecular weight is 527 g/mol. The summed E-state index contributed by atoms with van der Waals surface area (Å²) in [4.78, 5) is 31.6. The topological polar surface area (TPSA) is 100 Å². The highest BCUT2D eigenvalue weighted by Crippen LogP contribution is 2.31. The number of ether oxygens (including phenoxy) is 2. The summed E-state index contributed by atoms with van der Waals surface area (Å²) in [6, 6.07) is 9.33. The van der Waals surface area contributed by atoms with Crippen LogP contribution in [0.3, 0.4) is 0 Å². The minimum absolute atomic E-state index is 0.0357. The van der Waals surface area contributed by atoms with Gasteiger partial charge in [-0.05, 0) is 63.4 Å². The van der Waals surface area contributed by atoms with Crippen LogP contribution in [-0.4, -0.2) is 91.0 Å². The largest absolute Gasteiger partial charge is 0.493 e.